The molecule has 2 saturated heterocycles. The van der Waals surface area contributed by atoms with Crippen molar-refractivity contribution in [2.75, 3.05) is 31.1 Å². The highest BCUT2D eigenvalue weighted by Crippen LogP contribution is 2.16. The Labute approximate surface area is 76.9 Å². The summed E-state index contributed by atoms with van der Waals surface area (Å²) in [6.45, 7) is 3.02. The number of hydrogen-bond acceptors (Lipinski definition) is 3. The first-order valence-corrected chi connectivity index (χ1v) is 5.61. The summed E-state index contributed by atoms with van der Waals surface area (Å²) >= 11 is 1.75. The molecule has 3 nitrogen and oxygen atoms in total. The van der Waals surface area contributed by atoms with Gasteiger partial charge in [-0.3, -0.25) is 4.79 Å². The molecule has 68 valence electrons. The topological polar surface area (TPSA) is 32.3 Å². The molecule has 2 fully saturated rings. The molecule has 2 rings (SSSR count). The number of nitrogens with zero attached hydrogens (tertiary/aromatic N) is 1. The van der Waals surface area contributed by atoms with Crippen LogP contribution in [0.1, 0.15) is 6.42 Å². The summed E-state index contributed by atoms with van der Waals surface area (Å²) in [6.07, 6.45) is 1.14. The van der Waals surface area contributed by atoms with E-state index in [2.05, 4.69) is 10.2 Å². The summed E-state index contributed by atoms with van der Waals surface area (Å²) in [4.78, 5) is 13.5. The quantitative estimate of drug-likeness (QED) is 0.622. The molecule has 4 heteroatoms. The molecule has 0 spiro atoms. The molecular formula is C8H14N2OS. The zero-order valence-electron chi connectivity index (χ0n) is 7.08. The second-order valence-electron chi connectivity index (χ2n) is 3.29. The SMILES string of the molecule is O=C1CSCCN1C1CCNC1. The van der Waals surface area contributed by atoms with Crippen LogP contribution in [0.3, 0.4) is 0 Å². The number of carbonyl (C=O) groups is 1. The maximum atomic E-state index is 11.5. The largest absolute Gasteiger partial charge is 0.337 e. The summed E-state index contributed by atoms with van der Waals surface area (Å²) in [5.74, 6) is 2.14. The third-order valence-electron chi connectivity index (χ3n) is 2.50. The standard InChI is InChI=1S/C8H14N2OS/c11-8-6-12-4-3-10(8)7-1-2-9-5-7/h7,9H,1-6H2. The van der Waals surface area contributed by atoms with Crippen LogP contribution >= 0.6 is 11.8 Å². The van der Waals surface area contributed by atoms with Gasteiger partial charge in [-0.25, -0.2) is 0 Å². The molecule has 0 aromatic carbocycles. The van der Waals surface area contributed by atoms with E-state index >= 15 is 0 Å². The Morgan fingerprint density at radius 3 is 3.17 bits per heavy atom. The van der Waals surface area contributed by atoms with Gasteiger partial charge in [0.2, 0.25) is 5.91 Å². The van der Waals surface area contributed by atoms with Crippen molar-refractivity contribution < 1.29 is 4.79 Å². The van der Waals surface area contributed by atoms with Crippen molar-refractivity contribution >= 4 is 17.7 Å². The molecule has 0 aromatic rings. The first kappa shape index (κ1) is 8.38. The van der Waals surface area contributed by atoms with Crippen LogP contribution in [0.4, 0.5) is 0 Å². The van der Waals surface area contributed by atoms with Crippen molar-refractivity contribution in [3.8, 4) is 0 Å². The zero-order valence-corrected chi connectivity index (χ0v) is 7.90. The molecule has 1 unspecified atom stereocenters. The van der Waals surface area contributed by atoms with E-state index in [1.54, 1.807) is 11.8 Å². The van der Waals surface area contributed by atoms with Gasteiger partial charge in [0.1, 0.15) is 0 Å². The summed E-state index contributed by atoms with van der Waals surface area (Å²) in [7, 11) is 0. The number of rotatable bonds is 1. The van der Waals surface area contributed by atoms with Gasteiger partial charge in [0.25, 0.3) is 0 Å². The van der Waals surface area contributed by atoms with Crippen LogP contribution < -0.4 is 5.32 Å². The molecule has 1 amide bonds. The van der Waals surface area contributed by atoms with E-state index in [-0.39, 0.29) is 0 Å². The number of nitrogens with one attached hydrogen (secondary N) is 1. The third kappa shape index (κ3) is 1.59. The Kier molecular flexibility index (Phi) is 2.56. The van der Waals surface area contributed by atoms with Crippen LogP contribution in [0.5, 0.6) is 0 Å². The van der Waals surface area contributed by atoms with E-state index in [1.165, 1.54) is 0 Å². The summed E-state index contributed by atoms with van der Waals surface area (Å²) < 4.78 is 0. The second-order valence-corrected chi connectivity index (χ2v) is 4.39. The molecule has 0 bridgehead atoms. The van der Waals surface area contributed by atoms with E-state index in [1.807, 2.05) is 0 Å². The highest BCUT2D eigenvalue weighted by atomic mass is 32.2. The number of carbonyl (C=O) groups excluding carboxylic acids is 1. The van der Waals surface area contributed by atoms with Gasteiger partial charge < -0.3 is 10.2 Å². The van der Waals surface area contributed by atoms with Gasteiger partial charge in [-0.15, -0.1) is 0 Å². The molecule has 0 aliphatic carbocycles. The minimum absolute atomic E-state index is 0.333. The molecule has 2 heterocycles. The van der Waals surface area contributed by atoms with E-state index in [4.69, 9.17) is 0 Å². The Morgan fingerprint density at radius 2 is 2.50 bits per heavy atom. The maximum absolute atomic E-state index is 11.5. The fourth-order valence-electron chi connectivity index (χ4n) is 1.82. The molecule has 0 radical (unpaired) electrons. The lowest BCUT2D eigenvalue weighted by Crippen LogP contribution is -2.46. The van der Waals surface area contributed by atoms with Crippen molar-refractivity contribution in [3.63, 3.8) is 0 Å². The van der Waals surface area contributed by atoms with Crippen LogP contribution in [-0.2, 0) is 4.79 Å². The predicted octanol–water partition coefficient (Wildman–Crippen LogP) is -0.0763. The monoisotopic (exact) mass is 186 g/mol. The lowest BCUT2D eigenvalue weighted by atomic mass is 10.2. The molecule has 1 N–H and O–H groups in total. The summed E-state index contributed by atoms with van der Waals surface area (Å²) in [6, 6.07) is 0.485. The van der Waals surface area contributed by atoms with Gasteiger partial charge >= 0.3 is 0 Å². The van der Waals surface area contributed by atoms with Crippen LogP contribution in [0.2, 0.25) is 0 Å². The normalized spacial score (nSPS) is 31.2. The summed E-state index contributed by atoms with van der Waals surface area (Å²) in [5, 5.41) is 3.29. The summed E-state index contributed by atoms with van der Waals surface area (Å²) in [5.41, 5.74) is 0. The van der Waals surface area contributed by atoms with Gasteiger partial charge in [0.05, 0.1) is 5.75 Å². The third-order valence-corrected chi connectivity index (χ3v) is 3.42. The lowest BCUT2D eigenvalue weighted by Gasteiger charge is -2.31. The van der Waals surface area contributed by atoms with Crippen molar-refractivity contribution in [1.82, 2.24) is 10.2 Å². The average molecular weight is 186 g/mol. The van der Waals surface area contributed by atoms with Gasteiger partial charge in [-0.05, 0) is 13.0 Å². The van der Waals surface area contributed by atoms with Crippen LogP contribution in [0.25, 0.3) is 0 Å². The Bertz CT molecular complexity index is 180. The predicted molar refractivity (Wildman–Crippen MR) is 50.3 cm³/mol. The minimum atomic E-state index is 0.333. The van der Waals surface area contributed by atoms with Crippen LogP contribution in [0, 0.1) is 0 Å². The number of hydrogen-bond donors (Lipinski definition) is 1. The van der Waals surface area contributed by atoms with E-state index < -0.39 is 0 Å². The van der Waals surface area contributed by atoms with Gasteiger partial charge in [-0.1, -0.05) is 0 Å². The first-order valence-electron chi connectivity index (χ1n) is 4.46. The molecular weight excluding hydrogens is 172 g/mol. The Morgan fingerprint density at radius 1 is 1.58 bits per heavy atom. The smallest absolute Gasteiger partial charge is 0.232 e. The highest BCUT2D eigenvalue weighted by molar-refractivity contribution is 8.00. The molecule has 1 atom stereocenters. The number of thioether (sulfide) groups is 1. The first-order chi connectivity index (χ1) is 5.88. The minimum Gasteiger partial charge on any atom is -0.337 e. The second kappa shape index (κ2) is 3.66. The maximum Gasteiger partial charge on any atom is 0.232 e. The fourth-order valence-corrected chi connectivity index (χ4v) is 2.63. The molecule has 2 aliphatic rings. The Hall–Kier alpha value is -0.220. The lowest BCUT2D eigenvalue weighted by molar-refractivity contribution is -0.130. The molecule has 0 aromatic heterocycles. The molecule has 0 saturated carbocycles. The fraction of sp³-hybridized carbons (Fsp3) is 0.875. The average Bonchev–Trinajstić information content (AvgIpc) is 2.57. The van der Waals surface area contributed by atoms with E-state index in [9.17, 15) is 4.79 Å². The zero-order chi connectivity index (χ0) is 8.39. The Balaban J connectivity index is 1.95. The van der Waals surface area contributed by atoms with Crippen molar-refractivity contribution in [2.24, 2.45) is 0 Å². The highest BCUT2D eigenvalue weighted by Gasteiger charge is 2.27. The van der Waals surface area contributed by atoms with Crippen LogP contribution in [-0.4, -0.2) is 48.0 Å². The van der Waals surface area contributed by atoms with Gasteiger partial charge in [0, 0.05) is 24.9 Å². The van der Waals surface area contributed by atoms with Crippen molar-refractivity contribution in [3.05, 3.63) is 0 Å². The molecule has 12 heavy (non-hydrogen) atoms. The van der Waals surface area contributed by atoms with Crippen LogP contribution in [0.15, 0.2) is 0 Å². The number of amides is 1. The van der Waals surface area contributed by atoms with Crippen molar-refractivity contribution in [2.45, 2.75) is 12.5 Å². The van der Waals surface area contributed by atoms with Gasteiger partial charge in [0.15, 0.2) is 0 Å². The molecule has 2 aliphatic heterocycles. The van der Waals surface area contributed by atoms with E-state index in [0.717, 1.165) is 31.8 Å². The van der Waals surface area contributed by atoms with Gasteiger partial charge in [-0.2, -0.15) is 11.8 Å². The van der Waals surface area contributed by atoms with Crippen molar-refractivity contribution in [1.29, 1.82) is 0 Å². The van der Waals surface area contributed by atoms with E-state index in [0.29, 0.717) is 17.7 Å².